The molecule has 24 heavy (non-hydrogen) atoms. The maximum Gasteiger partial charge on any atom is 0.416 e. The van der Waals surface area contributed by atoms with Crippen molar-refractivity contribution < 1.29 is 13.2 Å². The van der Waals surface area contributed by atoms with Crippen molar-refractivity contribution in [3.63, 3.8) is 0 Å². The molecule has 0 atom stereocenters. The molecule has 0 saturated carbocycles. The fraction of sp³-hybridized carbons (Fsp3) is 0.562. The van der Waals surface area contributed by atoms with Crippen molar-refractivity contribution in [3.05, 3.63) is 35.4 Å². The number of benzene rings is 1. The lowest BCUT2D eigenvalue weighted by molar-refractivity contribution is -0.137. The van der Waals surface area contributed by atoms with Crippen LogP contribution in [0.25, 0.3) is 0 Å². The third kappa shape index (κ3) is 9.31. The lowest BCUT2D eigenvalue weighted by Gasteiger charge is -2.13. The standard InChI is InChI=1S/C16H25F3N4.HI/c1-4-20-15(21-10-5-11-23(2)3)22-12-13-6-8-14(9-7-13)16(17,18)19;/h6-9H,4-5,10-12H2,1-3H3,(H2,20,21,22);1H. The number of alkyl halides is 3. The predicted molar refractivity (Wildman–Crippen MR) is 103 cm³/mol. The van der Waals surface area contributed by atoms with Crippen molar-refractivity contribution in [3.8, 4) is 0 Å². The summed E-state index contributed by atoms with van der Waals surface area (Å²) in [6.45, 7) is 4.80. The van der Waals surface area contributed by atoms with Crippen molar-refractivity contribution in [2.24, 2.45) is 4.99 Å². The third-order valence-electron chi connectivity index (χ3n) is 3.12. The molecular weight excluding hydrogens is 432 g/mol. The van der Waals surface area contributed by atoms with Gasteiger partial charge in [0.2, 0.25) is 0 Å². The minimum absolute atomic E-state index is 0. The lowest BCUT2D eigenvalue weighted by atomic mass is 10.1. The number of halogens is 4. The highest BCUT2D eigenvalue weighted by atomic mass is 127. The maximum absolute atomic E-state index is 12.5. The van der Waals surface area contributed by atoms with Crippen molar-refractivity contribution in [1.29, 1.82) is 0 Å². The van der Waals surface area contributed by atoms with E-state index in [1.165, 1.54) is 12.1 Å². The smallest absolute Gasteiger partial charge is 0.357 e. The van der Waals surface area contributed by atoms with Crippen LogP contribution < -0.4 is 10.6 Å². The SMILES string of the molecule is CCNC(=NCc1ccc(C(F)(F)F)cc1)NCCCN(C)C.I. The van der Waals surface area contributed by atoms with Gasteiger partial charge in [0.15, 0.2) is 5.96 Å². The van der Waals surface area contributed by atoms with E-state index in [1.807, 2.05) is 21.0 Å². The Balaban J connectivity index is 0.00000529. The average Bonchev–Trinajstić information content (AvgIpc) is 2.48. The molecule has 0 aliphatic rings. The summed E-state index contributed by atoms with van der Waals surface area (Å²) in [6.07, 6.45) is -3.32. The first-order valence-corrected chi connectivity index (χ1v) is 7.66. The molecule has 4 nitrogen and oxygen atoms in total. The maximum atomic E-state index is 12.5. The van der Waals surface area contributed by atoms with Gasteiger partial charge in [-0.2, -0.15) is 13.2 Å². The van der Waals surface area contributed by atoms with Crippen molar-refractivity contribution in [2.75, 3.05) is 33.7 Å². The van der Waals surface area contributed by atoms with Gasteiger partial charge < -0.3 is 15.5 Å². The van der Waals surface area contributed by atoms with Gasteiger partial charge in [-0.1, -0.05) is 12.1 Å². The Morgan fingerprint density at radius 3 is 2.25 bits per heavy atom. The van der Waals surface area contributed by atoms with Crippen molar-refractivity contribution >= 4 is 29.9 Å². The van der Waals surface area contributed by atoms with Crippen LogP contribution in [0.15, 0.2) is 29.3 Å². The lowest BCUT2D eigenvalue weighted by Crippen LogP contribution is -2.38. The summed E-state index contributed by atoms with van der Waals surface area (Å²) >= 11 is 0. The molecule has 0 heterocycles. The Hall–Kier alpha value is -1.03. The summed E-state index contributed by atoms with van der Waals surface area (Å²) in [7, 11) is 4.04. The molecule has 2 N–H and O–H groups in total. The second kappa shape index (κ2) is 11.5. The van der Waals surface area contributed by atoms with Crippen molar-refractivity contribution in [1.82, 2.24) is 15.5 Å². The van der Waals surface area contributed by atoms with E-state index < -0.39 is 11.7 Å². The Labute approximate surface area is 158 Å². The quantitative estimate of drug-likeness (QED) is 0.285. The minimum atomic E-state index is -4.30. The molecule has 0 unspecified atom stereocenters. The van der Waals surface area contributed by atoms with Crippen LogP contribution in [0.5, 0.6) is 0 Å². The van der Waals surface area contributed by atoms with Crippen LogP contribution in [0.2, 0.25) is 0 Å². The van der Waals surface area contributed by atoms with Crippen LogP contribution in [0.1, 0.15) is 24.5 Å². The van der Waals surface area contributed by atoms with Crippen LogP contribution >= 0.6 is 24.0 Å². The van der Waals surface area contributed by atoms with E-state index in [0.717, 1.165) is 43.8 Å². The van der Waals surface area contributed by atoms with Gasteiger partial charge in [0.05, 0.1) is 12.1 Å². The van der Waals surface area contributed by atoms with E-state index in [2.05, 4.69) is 20.5 Å². The topological polar surface area (TPSA) is 39.7 Å². The zero-order chi connectivity index (χ0) is 17.3. The summed E-state index contributed by atoms with van der Waals surface area (Å²) in [4.78, 5) is 6.50. The second-order valence-electron chi connectivity index (χ2n) is 5.47. The number of hydrogen-bond acceptors (Lipinski definition) is 2. The highest BCUT2D eigenvalue weighted by Gasteiger charge is 2.29. The Morgan fingerprint density at radius 1 is 1.12 bits per heavy atom. The fourth-order valence-corrected chi connectivity index (χ4v) is 1.91. The largest absolute Gasteiger partial charge is 0.416 e. The van der Waals surface area contributed by atoms with Gasteiger partial charge in [0.25, 0.3) is 0 Å². The van der Waals surface area contributed by atoms with E-state index in [1.54, 1.807) is 0 Å². The van der Waals surface area contributed by atoms with Gasteiger partial charge in [0.1, 0.15) is 0 Å². The summed E-state index contributed by atoms with van der Waals surface area (Å²) in [5, 5.41) is 6.34. The van der Waals surface area contributed by atoms with E-state index in [9.17, 15) is 13.2 Å². The van der Waals surface area contributed by atoms with E-state index >= 15 is 0 Å². The molecule has 8 heteroatoms. The molecule has 0 fully saturated rings. The molecule has 0 aromatic heterocycles. The first kappa shape index (κ1) is 23.0. The number of rotatable bonds is 7. The van der Waals surface area contributed by atoms with Crippen LogP contribution in [0.4, 0.5) is 13.2 Å². The van der Waals surface area contributed by atoms with E-state index in [4.69, 9.17) is 0 Å². The number of hydrogen-bond donors (Lipinski definition) is 2. The molecule has 0 saturated heterocycles. The molecule has 1 aromatic rings. The van der Waals surface area contributed by atoms with Gasteiger partial charge in [-0.15, -0.1) is 24.0 Å². The van der Waals surface area contributed by atoms with Gasteiger partial charge in [-0.25, -0.2) is 4.99 Å². The van der Waals surface area contributed by atoms with Gasteiger partial charge >= 0.3 is 6.18 Å². The molecule has 138 valence electrons. The normalized spacial score (nSPS) is 12.0. The minimum Gasteiger partial charge on any atom is -0.357 e. The molecular formula is C16H26F3IN4. The average molecular weight is 458 g/mol. The second-order valence-corrected chi connectivity index (χ2v) is 5.47. The number of guanidine groups is 1. The first-order valence-electron chi connectivity index (χ1n) is 7.66. The summed E-state index contributed by atoms with van der Waals surface area (Å²) < 4.78 is 37.5. The Bertz CT molecular complexity index is 487. The van der Waals surface area contributed by atoms with Gasteiger partial charge in [0, 0.05) is 13.1 Å². The highest BCUT2D eigenvalue weighted by molar-refractivity contribution is 14.0. The molecule has 0 aliphatic heterocycles. The number of nitrogens with zero attached hydrogens (tertiary/aromatic N) is 2. The first-order chi connectivity index (χ1) is 10.8. The summed E-state index contributed by atoms with van der Waals surface area (Å²) in [5.74, 6) is 0.672. The zero-order valence-corrected chi connectivity index (χ0v) is 16.6. The fourth-order valence-electron chi connectivity index (χ4n) is 1.91. The highest BCUT2D eigenvalue weighted by Crippen LogP contribution is 2.29. The van der Waals surface area contributed by atoms with Gasteiger partial charge in [-0.05, 0) is 51.7 Å². The molecule has 1 rings (SSSR count). The molecule has 0 radical (unpaired) electrons. The monoisotopic (exact) mass is 458 g/mol. The van der Waals surface area contributed by atoms with Crippen LogP contribution in [0, 0.1) is 0 Å². The summed E-state index contributed by atoms with van der Waals surface area (Å²) in [5.41, 5.74) is 0.0995. The Kier molecular flexibility index (Phi) is 11.0. The Morgan fingerprint density at radius 2 is 1.75 bits per heavy atom. The molecule has 0 amide bonds. The number of aliphatic imine (C=N–C) groups is 1. The summed E-state index contributed by atoms with van der Waals surface area (Å²) in [6, 6.07) is 5.09. The van der Waals surface area contributed by atoms with Crippen LogP contribution in [-0.2, 0) is 12.7 Å². The van der Waals surface area contributed by atoms with Crippen LogP contribution in [0.3, 0.4) is 0 Å². The van der Waals surface area contributed by atoms with Gasteiger partial charge in [-0.3, -0.25) is 0 Å². The molecule has 0 spiro atoms. The molecule has 0 aliphatic carbocycles. The van der Waals surface area contributed by atoms with Crippen LogP contribution in [-0.4, -0.2) is 44.6 Å². The van der Waals surface area contributed by atoms with E-state index in [0.29, 0.717) is 12.5 Å². The van der Waals surface area contributed by atoms with Crippen molar-refractivity contribution in [2.45, 2.75) is 26.1 Å². The molecule has 1 aromatic carbocycles. The predicted octanol–water partition coefficient (Wildman–Crippen LogP) is 3.33. The number of nitrogens with one attached hydrogen (secondary N) is 2. The third-order valence-corrected chi connectivity index (χ3v) is 3.12. The van der Waals surface area contributed by atoms with E-state index in [-0.39, 0.29) is 24.0 Å². The zero-order valence-electron chi connectivity index (χ0n) is 14.3. The molecule has 0 bridgehead atoms.